The molecule has 0 aliphatic carbocycles. The summed E-state index contributed by atoms with van der Waals surface area (Å²) in [6.07, 6.45) is 3.61. The maximum atomic E-state index is 6.48. The van der Waals surface area contributed by atoms with Crippen molar-refractivity contribution in [2.24, 2.45) is 0 Å². The molecule has 0 N–H and O–H groups in total. The number of hydrogen-bond acceptors (Lipinski definition) is 3. The molecule has 1 radical (unpaired) electrons. The quantitative estimate of drug-likeness (QED) is 0.165. The number of para-hydroxylation sites is 2. The van der Waals surface area contributed by atoms with Crippen molar-refractivity contribution in [3.63, 3.8) is 0 Å². The number of furan rings is 1. The predicted molar refractivity (Wildman–Crippen MR) is 179 cm³/mol. The summed E-state index contributed by atoms with van der Waals surface area (Å²) in [7, 11) is 0. The van der Waals surface area contributed by atoms with Crippen molar-refractivity contribution in [2.75, 3.05) is 0 Å². The molecular weight excluding hydrogens is 731 g/mol. The predicted octanol–water partition coefficient (Wildman–Crippen LogP) is 10.1. The van der Waals surface area contributed by atoms with Crippen molar-refractivity contribution in [2.45, 2.75) is 0 Å². The number of nitrogens with zero attached hydrogens (tertiary/aromatic N) is 3. The number of aromatic nitrogens is 3. The van der Waals surface area contributed by atoms with Crippen molar-refractivity contribution in [1.29, 1.82) is 0 Å². The van der Waals surface area contributed by atoms with Crippen LogP contribution in [-0.4, -0.2) is 14.4 Å². The second-order valence-electron chi connectivity index (χ2n) is 10.8. The first-order chi connectivity index (χ1) is 21.8. The van der Waals surface area contributed by atoms with Crippen LogP contribution < -0.4 is 0 Å². The molecule has 5 heteroatoms. The third-order valence-electron chi connectivity index (χ3n) is 8.33. The molecule has 0 saturated carbocycles. The van der Waals surface area contributed by atoms with Gasteiger partial charge in [0, 0.05) is 64.9 Å². The van der Waals surface area contributed by atoms with Crippen LogP contribution in [0, 0.1) is 12.1 Å². The fourth-order valence-electron chi connectivity index (χ4n) is 6.42. The van der Waals surface area contributed by atoms with Crippen LogP contribution >= 0.6 is 0 Å². The molecule has 5 aromatic heterocycles. The number of pyridine rings is 2. The van der Waals surface area contributed by atoms with Gasteiger partial charge in [-0.1, -0.05) is 66.0 Å². The molecule has 0 aliphatic rings. The summed E-state index contributed by atoms with van der Waals surface area (Å²) >= 11 is 0. The van der Waals surface area contributed by atoms with E-state index in [0.29, 0.717) is 0 Å². The molecule has 4 nitrogen and oxygen atoms in total. The molecule has 0 fully saturated rings. The average molecular weight is 754 g/mol. The van der Waals surface area contributed by atoms with Crippen molar-refractivity contribution < 1.29 is 24.5 Å². The fraction of sp³-hybridized carbons (Fsp3) is 0. The first-order valence-electron chi connectivity index (χ1n) is 14.6. The maximum Gasteiger partial charge on any atom is 0.143 e. The van der Waals surface area contributed by atoms with Crippen LogP contribution in [0.15, 0.2) is 144 Å². The molecule has 5 aromatic carbocycles. The zero-order valence-corrected chi connectivity index (χ0v) is 26.3. The van der Waals surface area contributed by atoms with E-state index in [1.165, 1.54) is 27.2 Å². The van der Waals surface area contributed by atoms with Crippen molar-refractivity contribution >= 4 is 60.0 Å². The van der Waals surface area contributed by atoms with Gasteiger partial charge in [-0.05, 0) is 47.2 Å². The molecule has 45 heavy (non-hydrogen) atoms. The molecule has 0 aliphatic heterocycles. The maximum absolute atomic E-state index is 6.48. The van der Waals surface area contributed by atoms with Gasteiger partial charge in [0.1, 0.15) is 11.2 Å². The Morgan fingerprint density at radius 3 is 2.02 bits per heavy atom. The van der Waals surface area contributed by atoms with E-state index in [9.17, 15) is 0 Å². The number of rotatable bonds is 2. The van der Waals surface area contributed by atoms with E-state index in [1.807, 2.05) is 79.0 Å². The van der Waals surface area contributed by atoms with E-state index in [4.69, 9.17) is 4.42 Å². The van der Waals surface area contributed by atoms with Crippen LogP contribution in [0.2, 0.25) is 0 Å². The summed E-state index contributed by atoms with van der Waals surface area (Å²) in [4.78, 5) is 8.76. The SMILES string of the molecule is [Ir].[c-]1cc2c(cc1-c1ccccn1)c1c3oc4ccccc4c3cc3c4ccccc4n2c31.[c-]1ccccc1-c1ccccn1. The summed E-state index contributed by atoms with van der Waals surface area (Å²) in [6.45, 7) is 0. The molecule has 0 amide bonds. The van der Waals surface area contributed by atoms with Gasteiger partial charge in [0.05, 0.1) is 5.52 Å². The van der Waals surface area contributed by atoms with Gasteiger partial charge in [-0.25, -0.2) is 0 Å². The molecule has 215 valence electrons. The minimum absolute atomic E-state index is 0. The average Bonchev–Trinajstić information content (AvgIpc) is 3.76. The van der Waals surface area contributed by atoms with Crippen molar-refractivity contribution in [3.8, 4) is 22.5 Å². The molecule has 0 spiro atoms. The van der Waals surface area contributed by atoms with Gasteiger partial charge in [-0.2, -0.15) is 0 Å². The second kappa shape index (κ2) is 11.0. The number of fused-ring (bicyclic) bond motifs is 10. The van der Waals surface area contributed by atoms with Crippen LogP contribution in [0.5, 0.6) is 0 Å². The largest absolute Gasteiger partial charge is 0.455 e. The molecule has 0 saturated heterocycles. The van der Waals surface area contributed by atoms with Crippen molar-refractivity contribution in [1.82, 2.24) is 14.4 Å². The fourth-order valence-corrected chi connectivity index (χ4v) is 6.42. The van der Waals surface area contributed by atoms with Gasteiger partial charge in [0.2, 0.25) is 0 Å². The van der Waals surface area contributed by atoms with Crippen LogP contribution in [-0.2, 0) is 20.1 Å². The normalized spacial score (nSPS) is 11.4. The Morgan fingerprint density at radius 2 is 1.27 bits per heavy atom. The molecule has 5 heterocycles. The Hall–Kier alpha value is -5.35. The summed E-state index contributed by atoms with van der Waals surface area (Å²) in [5, 5.41) is 7.15. The third-order valence-corrected chi connectivity index (χ3v) is 8.33. The number of benzene rings is 5. The summed E-state index contributed by atoms with van der Waals surface area (Å²) in [6, 6.07) is 49.8. The van der Waals surface area contributed by atoms with Gasteiger partial charge in [0.25, 0.3) is 0 Å². The van der Waals surface area contributed by atoms with E-state index in [-0.39, 0.29) is 20.1 Å². The third kappa shape index (κ3) is 4.32. The summed E-state index contributed by atoms with van der Waals surface area (Å²) < 4.78 is 8.84. The Labute approximate surface area is 272 Å². The summed E-state index contributed by atoms with van der Waals surface area (Å²) in [5.74, 6) is 0. The van der Waals surface area contributed by atoms with Gasteiger partial charge >= 0.3 is 0 Å². The molecule has 10 aromatic rings. The van der Waals surface area contributed by atoms with E-state index < -0.39 is 0 Å². The van der Waals surface area contributed by atoms with E-state index in [1.54, 1.807) is 6.20 Å². The smallest absolute Gasteiger partial charge is 0.143 e. The van der Waals surface area contributed by atoms with E-state index in [0.717, 1.165) is 55.4 Å². The van der Waals surface area contributed by atoms with Crippen LogP contribution in [0.25, 0.3) is 82.5 Å². The van der Waals surface area contributed by atoms with E-state index in [2.05, 4.69) is 81.1 Å². The Morgan fingerprint density at radius 1 is 0.556 bits per heavy atom. The zero-order chi connectivity index (χ0) is 29.0. The first kappa shape index (κ1) is 27.2. The van der Waals surface area contributed by atoms with E-state index >= 15 is 0 Å². The second-order valence-corrected chi connectivity index (χ2v) is 10.8. The van der Waals surface area contributed by atoms with Crippen LogP contribution in [0.1, 0.15) is 0 Å². The summed E-state index contributed by atoms with van der Waals surface area (Å²) in [5.41, 5.74) is 9.33. The molecule has 0 bridgehead atoms. The van der Waals surface area contributed by atoms with Crippen molar-refractivity contribution in [3.05, 3.63) is 152 Å². The molecule has 10 rings (SSSR count). The first-order valence-corrected chi connectivity index (χ1v) is 14.6. The van der Waals surface area contributed by atoms with Crippen LogP contribution in [0.4, 0.5) is 0 Å². The monoisotopic (exact) mass is 754 g/mol. The van der Waals surface area contributed by atoms with Gasteiger partial charge < -0.3 is 18.8 Å². The van der Waals surface area contributed by atoms with Gasteiger partial charge in [-0.3, -0.25) is 0 Å². The molecule has 0 atom stereocenters. The Balaban J connectivity index is 0.000000196. The van der Waals surface area contributed by atoms with Gasteiger partial charge in [0.15, 0.2) is 0 Å². The minimum atomic E-state index is 0. The number of hydrogen-bond donors (Lipinski definition) is 0. The molecular formula is C40H23IrN3O-2. The standard InChI is InChI=1S/C29H15N2O.C11H8N.Ir/c1-3-10-24-18(7-1)20-16-21-19-8-2-4-11-26(19)32-29(21)27-22-15-17(23-9-5-6-14-30-23)12-13-25(22)31(24)28(20)27;1-2-6-10(7-3-1)11-8-4-5-9-12-11;/h1-11,13-16H;1-6,8-9H;/q2*-1;. The zero-order valence-electron chi connectivity index (χ0n) is 23.9. The Bertz CT molecular complexity index is 2550. The topological polar surface area (TPSA) is 43.3 Å². The minimum Gasteiger partial charge on any atom is -0.455 e. The van der Waals surface area contributed by atoms with Crippen LogP contribution in [0.3, 0.4) is 0 Å². The van der Waals surface area contributed by atoms with Gasteiger partial charge in [-0.15, -0.1) is 59.7 Å². The Kier molecular flexibility index (Phi) is 6.64. The molecule has 0 unspecified atom stereocenters.